The molecule has 0 radical (unpaired) electrons. The fourth-order valence-corrected chi connectivity index (χ4v) is 2.07. The summed E-state index contributed by atoms with van der Waals surface area (Å²) in [5.41, 5.74) is -0.0393. The summed E-state index contributed by atoms with van der Waals surface area (Å²) in [7, 11) is 4.35. The Kier molecular flexibility index (Phi) is 4.42. The third-order valence-electron chi connectivity index (χ3n) is 2.74. The average molecular weight is 353 g/mol. The minimum absolute atomic E-state index is 0.0393. The first-order valence-electron chi connectivity index (χ1n) is 5.99. The molecular formula is C14H13BrN2O4. The van der Waals surface area contributed by atoms with Gasteiger partial charge in [0.05, 0.1) is 7.11 Å². The SMILES string of the molecule is COC(=O)c1ncc2cc(Br)ccc2c1OC(=O)N(C)C. The van der Waals surface area contributed by atoms with Crippen LogP contribution in [0.3, 0.4) is 0 Å². The normalized spacial score (nSPS) is 10.3. The molecule has 1 amide bonds. The van der Waals surface area contributed by atoms with E-state index in [2.05, 4.69) is 25.7 Å². The van der Waals surface area contributed by atoms with Crippen molar-refractivity contribution in [2.45, 2.75) is 0 Å². The molecule has 1 heterocycles. The molecule has 1 aromatic heterocycles. The lowest BCUT2D eigenvalue weighted by Gasteiger charge is -2.14. The van der Waals surface area contributed by atoms with Crippen molar-refractivity contribution in [3.63, 3.8) is 0 Å². The highest BCUT2D eigenvalue weighted by molar-refractivity contribution is 9.10. The molecule has 1 aromatic carbocycles. The Bertz CT molecular complexity index is 715. The van der Waals surface area contributed by atoms with Crippen molar-refractivity contribution in [1.29, 1.82) is 0 Å². The van der Waals surface area contributed by atoms with Gasteiger partial charge in [-0.2, -0.15) is 0 Å². The molecule has 0 saturated carbocycles. The van der Waals surface area contributed by atoms with Gasteiger partial charge < -0.3 is 14.4 Å². The lowest BCUT2D eigenvalue weighted by Crippen LogP contribution is -2.26. The van der Waals surface area contributed by atoms with Crippen LogP contribution in [0.2, 0.25) is 0 Å². The van der Waals surface area contributed by atoms with Gasteiger partial charge in [-0.1, -0.05) is 15.9 Å². The number of halogens is 1. The van der Waals surface area contributed by atoms with Crippen LogP contribution in [0.5, 0.6) is 5.75 Å². The van der Waals surface area contributed by atoms with Gasteiger partial charge in [-0.05, 0) is 18.2 Å². The molecule has 110 valence electrons. The van der Waals surface area contributed by atoms with E-state index < -0.39 is 12.1 Å². The molecule has 6 nitrogen and oxygen atoms in total. The average Bonchev–Trinajstić information content (AvgIpc) is 2.46. The molecule has 0 aliphatic heterocycles. The van der Waals surface area contributed by atoms with E-state index in [1.54, 1.807) is 26.2 Å². The Morgan fingerprint density at radius 3 is 2.62 bits per heavy atom. The van der Waals surface area contributed by atoms with Crippen LogP contribution in [0.25, 0.3) is 10.8 Å². The molecule has 2 aromatic rings. The smallest absolute Gasteiger partial charge is 0.414 e. The summed E-state index contributed by atoms with van der Waals surface area (Å²) >= 11 is 3.36. The maximum absolute atomic E-state index is 11.8. The Morgan fingerprint density at radius 2 is 2.00 bits per heavy atom. The predicted octanol–water partition coefficient (Wildman–Crippen LogP) is 2.84. The first-order valence-corrected chi connectivity index (χ1v) is 6.79. The zero-order chi connectivity index (χ0) is 15.6. The first-order chi connectivity index (χ1) is 9.93. The molecule has 7 heteroatoms. The van der Waals surface area contributed by atoms with Crippen LogP contribution in [0.1, 0.15) is 10.5 Å². The number of hydrogen-bond acceptors (Lipinski definition) is 5. The van der Waals surface area contributed by atoms with Crippen LogP contribution in [-0.2, 0) is 4.74 Å². The lowest BCUT2D eigenvalue weighted by molar-refractivity contribution is 0.0590. The molecule has 0 fully saturated rings. The molecule has 0 spiro atoms. The van der Waals surface area contributed by atoms with E-state index in [1.807, 2.05) is 6.07 Å². The minimum Gasteiger partial charge on any atom is -0.464 e. The Morgan fingerprint density at radius 1 is 1.29 bits per heavy atom. The van der Waals surface area contributed by atoms with E-state index in [4.69, 9.17) is 4.74 Å². The van der Waals surface area contributed by atoms with E-state index in [-0.39, 0.29) is 11.4 Å². The fraction of sp³-hybridized carbons (Fsp3) is 0.214. The van der Waals surface area contributed by atoms with Crippen molar-refractivity contribution in [2.24, 2.45) is 0 Å². The summed E-state index contributed by atoms with van der Waals surface area (Å²) in [6, 6.07) is 5.35. The van der Waals surface area contributed by atoms with Crippen LogP contribution >= 0.6 is 15.9 Å². The second kappa shape index (κ2) is 6.09. The van der Waals surface area contributed by atoms with Gasteiger partial charge in [-0.15, -0.1) is 0 Å². The predicted molar refractivity (Wildman–Crippen MR) is 80.5 cm³/mol. The van der Waals surface area contributed by atoms with E-state index >= 15 is 0 Å². The third-order valence-corrected chi connectivity index (χ3v) is 3.23. The Balaban J connectivity index is 2.65. The lowest BCUT2D eigenvalue weighted by atomic mass is 10.1. The summed E-state index contributed by atoms with van der Waals surface area (Å²) in [6.45, 7) is 0. The summed E-state index contributed by atoms with van der Waals surface area (Å²) in [5, 5.41) is 1.34. The van der Waals surface area contributed by atoms with Crippen molar-refractivity contribution in [3.05, 3.63) is 34.6 Å². The number of amides is 1. The second-order valence-corrected chi connectivity index (χ2v) is 5.34. The van der Waals surface area contributed by atoms with Gasteiger partial charge in [0, 0.05) is 35.5 Å². The van der Waals surface area contributed by atoms with Crippen molar-refractivity contribution in [1.82, 2.24) is 9.88 Å². The third kappa shape index (κ3) is 3.13. The fourth-order valence-electron chi connectivity index (χ4n) is 1.69. The van der Waals surface area contributed by atoms with Crippen molar-refractivity contribution >= 4 is 38.8 Å². The van der Waals surface area contributed by atoms with Gasteiger partial charge in [-0.3, -0.25) is 0 Å². The standard InChI is InChI=1S/C14H13BrN2O4/c1-17(2)14(19)21-12-10-5-4-9(15)6-8(10)7-16-11(12)13(18)20-3/h4-7H,1-3H3. The number of hydrogen-bond donors (Lipinski definition) is 0. The maximum Gasteiger partial charge on any atom is 0.414 e. The van der Waals surface area contributed by atoms with Crippen LogP contribution in [0.4, 0.5) is 4.79 Å². The van der Waals surface area contributed by atoms with E-state index in [0.717, 1.165) is 9.86 Å². The van der Waals surface area contributed by atoms with Crippen molar-refractivity contribution in [2.75, 3.05) is 21.2 Å². The van der Waals surface area contributed by atoms with E-state index in [1.165, 1.54) is 18.2 Å². The molecule has 0 aliphatic carbocycles. The number of carbonyl (C=O) groups excluding carboxylic acids is 2. The summed E-state index contributed by atoms with van der Waals surface area (Å²) in [6.07, 6.45) is 0.927. The van der Waals surface area contributed by atoms with Crippen LogP contribution in [0.15, 0.2) is 28.9 Å². The van der Waals surface area contributed by atoms with Crippen molar-refractivity contribution in [3.8, 4) is 5.75 Å². The zero-order valence-electron chi connectivity index (χ0n) is 11.7. The van der Waals surface area contributed by atoms with Gasteiger partial charge in [0.1, 0.15) is 0 Å². The number of esters is 1. The number of benzene rings is 1. The molecule has 0 saturated heterocycles. The molecular weight excluding hydrogens is 340 g/mol. The number of aromatic nitrogens is 1. The zero-order valence-corrected chi connectivity index (χ0v) is 13.3. The number of carbonyl (C=O) groups is 2. The molecule has 0 unspecified atom stereocenters. The number of pyridine rings is 1. The molecule has 2 rings (SSSR count). The highest BCUT2D eigenvalue weighted by Crippen LogP contribution is 2.31. The summed E-state index contributed by atoms with van der Waals surface area (Å²) in [4.78, 5) is 28.9. The summed E-state index contributed by atoms with van der Waals surface area (Å²) in [5.74, 6) is -0.577. The largest absolute Gasteiger partial charge is 0.464 e. The minimum atomic E-state index is -0.665. The topological polar surface area (TPSA) is 68.7 Å². The molecule has 0 aliphatic rings. The number of fused-ring (bicyclic) bond motifs is 1. The quantitative estimate of drug-likeness (QED) is 0.777. The number of ether oxygens (including phenoxy) is 2. The van der Waals surface area contributed by atoms with Crippen LogP contribution < -0.4 is 4.74 Å². The molecule has 0 bridgehead atoms. The van der Waals surface area contributed by atoms with E-state index in [0.29, 0.717) is 5.39 Å². The number of rotatable bonds is 2. The second-order valence-electron chi connectivity index (χ2n) is 4.42. The number of methoxy groups -OCH3 is 1. The van der Waals surface area contributed by atoms with Gasteiger partial charge in [-0.25, -0.2) is 14.6 Å². The Hall–Kier alpha value is -2.15. The van der Waals surface area contributed by atoms with E-state index in [9.17, 15) is 9.59 Å². The number of nitrogens with zero attached hydrogens (tertiary/aromatic N) is 2. The monoisotopic (exact) mass is 352 g/mol. The highest BCUT2D eigenvalue weighted by Gasteiger charge is 2.21. The summed E-state index contributed by atoms with van der Waals surface area (Å²) < 4.78 is 10.8. The van der Waals surface area contributed by atoms with Gasteiger partial charge in [0.2, 0.25) is 0 Å². The Labute approximate surface area is 129 Å². The highest BCUT2D eigenvalue weighted by atomic mass is 79.9. The van der Waals surface area contributed by atoms with Crippen LogP contribution in [-0.4, -0.2) is 43.2 Å². The maximum atomic E-state index is 11.8. The van der Waals surface area contributed by atoms with Gasteiger partial charge >= 0.3 is 12.1 Å². The first kappa shape index (κ1) is 15.2. The van der Waals surface area contributed by atoms with Gasteiger partial charge in [0.25, 0.3) is 0 Å². The van der Waals surface area contributed by atoms with Gasteiger partial charge in [0.15, 0.2) is 11.4 Å². The molecule has 21 heavy (non-hydrogen) atoms. The molecule has 0 N–H and O–H groups in total. The van der Waals surface area contributed by atoms with Crippen molar-refractivity contribution < 1.29 is 19.1 Å². The molecule has 0 atom stereocenters. The van der Waals surface area contributed by atoms with Crippen LogP contribution in [0, 0.1) is 0 Å².